The van der Waals surface area contributed by atoms with Crippen molar-refractivity contribution >= 4 is 22.6 Å². The number of benzene rings is 1. The van der Waals surface area contributed by atoms with Crippen molar-refractivity contribution in [2.24, 2.45) is 0 Å². The van der Waals surface area contributed by atoms with Crippen LogP contribution in [0.15, 0.2) is 30.6 Å². The maximum atomic E-state index is 12.7. The normalized spacial score (nSPS) is 14.7. The first-order valence-electron chi connectivity index (χ1n) is 9.91. The van der Waals surface area contributed by atoms with Gasteiger partial charge in [-0.2, -0.15) is 0 Å². The van der Waals surface area contributed by atoms with Crippen molar-refractivity contribution < 1.29 is 4.79 Å². The van der Waals surface area contributed by atoms with Crippen LogP contribution >= 0.6 is 0 Å². The van der Waals surface area contributed by atoms with Crippen LogP contribution in [0.3, 0.4) is 0 Å². The molecule has 0 atom stereocenters. The number of anilines is 1. The van der Waals surface area contributed by atoms with Crippen molar-refractivity contribution in [3.8, 4) is 0 Å². The second kappa shape index (κ2) is 7.62. The van der Waals surface area contributed by atoms with Crippen LogP contribution in [0.25, 0.3) is 11.0 Å². The smallest absolute Gasteiger partial charge is 0.223 e. The Kier molecular flexibility index (Phi) is 5.03. The highest BCUT2D eigenvalue weighted by Crippen LogP contribution is 2.21. The number of carbonyl (C=O) groups excluding carboxylic acids is 1. The molecule has 4 rings (SSSR count). The van der Waals surface area contributed by atoms with E-state index >= 15 is 0 Å². The summed E-state index contributed by atoms with van der Waals surface area (Å²) in [5.41, 5.74) is 6.90. The number of nitrogens with zero attached hydrogens (tertiary/aromatic N) is 4. The van der Waals surface area contributed by atoms with Gasteiger partial charge in [0.25, 0.3) is 0 Å². The quantitative estimate of drug-likeness (QED) is 0.758. The predicted molar refractivity (Wildman–Crippen MR) is 112 cm³/mol. The monoisotopic (exact) mass is 377 g/mol. The Balaban J connectivity index is 1.34. The predicted octanol–water partition coefficient (Wildman–Crippen LogP) is 3.16. The third-order valence-corrected chi connectivity index (χ3v) is 5.77. The van der Waals surface area contributed by atoms with E-state index in [1.54, 1.807) is 0 Å². The molecule has 146 valence electrons. The van der Waals surface area contributed by atoms with Gasteiger partial charge < -0.3 is 14.8 Å². The average Bonchev–Trinajstić information content (AvgIpc) is 3.13. The molecule has 1 fully saturated rings. The molecule has 1 aliphatic heterocycles. The number of imidazole rings is 1. The average molecular weight is 377 g/mol. The first-order chi connectivity index (χ1) is 13.5. The number of nitrogens with one attached hydrogen (secondary N) is 1. The molecular formula is C22H27N5O. The zero-order chi connectivity index (χ0) is 19.7. The van der Waals surface area contributed by atoms with E-state index in [4.69, 9.17) is 4.98 Å². The van der Waals surface area contributed by atoms with Crippen LogP contribution in [-0.2, 0) is 11.2 Å². The van der Waals surface area contributed by atoms with Gasteiger partial charge in [-0.15, -0.1) is 0 Å². The number of aromatic amines is 1. The Hall–Kier alpha value is -2.89. The molecule has 2 aromatic heterocycles. The lowest BCUT2D eigenvalue weighted by atomic mass is 10.1. The zero-order valence-electron chi connectivity index (χ0n) is 16.8. The molecule has 3 aromatic rings. The summed E-state index contributed by atoms with van der Waals surface area (Å²) >= 11 is 0. The van der Waals surface area contributed by atoms with E-state index in [1.165, 1.54) is 22.4 Å². The van der Waals surface area contributed by atoms with Crippen LogP contribution in [0.5, 0.6) is 0 Å². The summed E-state index contributed by atoms with van der Waals surface area (Å²) in [7, 11) is 0. The minimum atomic E-state index is 0.208. The molecular weight excluding hydrogens is 350 g/mol. The van der Waals surface area contributed by atoms with Crippen LogP contribution in [0.4, 0.5) is 5.69 Å². The Morgan fingerprint density at radius 2 is 1.86 bits per heavy atom. The van der Waals surface area contributed by atoms with Crippen LogP contribution in [0.2, 0.25) is 0 Å². The molecule has 0 unspecified atom stereocenters. The van der Waals surface area contributed by atoms with E-state index in [0.717, 1.165) is 43.0 Å². The maximum Gasteiger partial charge on any atom is 0.223 e. The largest absolute Gasteiger partial charge is 0.368 e. The topological polar surface area (TPSA) is 65.1 Å². The molecule has 1 saturated heterocycles. The number of piperazine rings is 1. The van der Waals surface area contributed by atoms with E-state index < -0.39 is 0 Å². The number of aryl methyl sites for hydroxylation is 4. The highest BCUT2D eigenvalue weighted by molar-refractivity contribution is 5.80. The summed E-state index contributed by atoms with van der Waals surface area (Å²) in [4.78, 5) is 29.2. The number of fused-ring (bicyclic) bond motifs is 1. The zero-order valence-corrected chi connectivity index (χ0v) is 16.8. The van der Waals surface area contributed by atoms with Crippen molar-refractivity contribution in [1.82, 2.24) is 19.9 Å². The molecule has 28 heavy (non-hydrogen) atoms. The number of amides is 1. The lowest BCUT2D eigenvalue weighted by Crippen LogP contribution is -2.49. The SMILES string of the molecule is Cc1cnccc1N1CCN(C(=O)CCc2nc3c(C)c(C)ccc3[nH]2)CC1. The van der Waals surface area contributed by atoms with Crippen molar-refractivity contribution in [1.29, 1.82) is 0 Å². The van der Waals surface area contributed by atoms with Gasteiger partial charge in [-0.3, -0.25) is 9.78 Å². The fraction of sp³-hybridized carbons (Fsp3) is 0.409. The highest BCUT2D eigenvalue weighted by atomic mass is 16.2. The number of hydrogen-bond donors (Lipinski definition) is 1. The van der Waals surface area contributed by atoms with Crippen molar-refractivity contribution in [2.75, 3.05) is 31.1 Å². The number of H-pyrrole nitrogens is 1. The second-order valence-electron chi connectivity index (χ2n) is 7.62. The van der Waals surface area contributed by atoms with Crippen LogP contribution < -0.4 is 4.90 Å². The molecule has 3 heterocycles. The molecule has 0 radical (unpaired) electrons. The van der Waals surface area contributed by atoms with Gasteiger partial charge in [-0.1, -0.05) is 6.07 Å². The number of rotatable bonds is 4. The van der Waals surface area contributed by atoms with Gasteiger partial charge in [0.05, 0.1) is 11.0 Å². The molecule has 0 saturated carbocycles. The van der Waals surface area contributed by atoms with Crippen LogP contribution in [-0.4, -0.2) is 51.9 Å². The fourth-order valence-corrected chi connectivity index (χ4v) is 3.88. The van der Waals surface area contributed by atoms with Gasteiger partial charge in [-0.25, -0.2) is 4.98 Å². The number of hydrogen-bond acceptors (Lipinski definition) is 4. The van der Waals surface area contributed by atoms with Gasteiger partial charge in [0.1, 0.15) is 5.82 Å². The minimum Gasteiger partial charge on any atom is -0.368 e. The summed E-state index contributed by atoms with van der Waals surface area (Å²) in [5, 5.41) is 0. The van der Waals surface area contributed by atoms with E-state index in [0.29, 0.717) is 12.8 Å². The van der Waals surface area contributed by atoms with Crippen molar-refractivity contribution in [3.05, 3.63) is 53.1 Å². The van der Waals surface area contributed by atoms with Gasteiger partial charge in [-0.05, 0) is 49.6 Å². The number of aromatic nitrogens is 3. The Bertz CT molecular complexity index is 1000. The molecule has 1 amide bonds. The summed E-state index contributed by atoms with van der Waals surface area (Å²) in [6.45, 7) is 9.52. The van der Waals surface area contributed by atoms with Gasteiger partial charge in [0.2, 0.25) is 5.91 Å². The summed E-state index contributed by atoms with van der Waals surface area (Å²) in [6.07, 6.45) is 4.86. The third kappa shape index (κ3) is 3.59. The fourth-order valence-electron chi connectivity index (χ4n) is 3.88. The maximum absolute atomic E-state index is 12.7. The summed E-state index contributed by atoms with van der Waals surface area (Å²) in [5.74, 6) is 1.10. The Morgan fingerprint density at radius 1 is 1.07 bits per heavy atom. The standard InChI is InChI=1S/C22H27N5O/c1-15-4-5-18-22(17(15)3)25-20(24-18)6-7-21(28)27-12-10-26(11-13-27)19-8-9-23-14-16(19)2/h4-5,8-9,14H,6-7,10-13H2,1-3H3,(H,24,25). The van der Waals surface area contributed by atoms with Crippen molar-refractivity contribution in [2.45, 2.75) is 33.6 Å². The van der Waals surface area contributed by atoms with Gasteiger partial charge in [0.15, 0.2) is 0 Å². The molecule has 1 aliphatic rings. The van der Waals surface area contributed by atoms with E-state index in [1.807, 2.05) is 17.3 Å². The minimum absolute atomic E-state index is 0.208. The van der Waals surface area contributed by atoms with Gasteiger partial charge >= 0.3 is 0 Å². The van der Waals surface area contributed by atoms with Crippen LogP contribution in [0, 0.1) is 20.8 Å². The molecule has 1 N–H and O–H groups in total. The molecule has 0 bridgehead atoms. The molecule has 1 aromatic carbocycles. The van der Waals surface area contributed by atoms with Gasteiger partial charge in [0, 0.05) is 57.1 Å². The molecule has 6 nitrogen and oxygen atoms in total. The van der Waals surface area contributed by atoms with E-state index in [9.17, 15) is 4.79 Å². The highest BCUT2D eigenvalue weighted by Gasteiger charge is 2.22. The van der Waals surface area contributed by atoms with E-state index in [2.05, 4.69) is 53.8 Å². The lowest BCUT2D eigenvalue weighted by molar-refractivity contribution is -0.131. The molecule has 0 aliphatic carbocycles. The molecule has 6 heteroatoms. The summed E-state index contributed by atoms with van der Waals surface area (Å²) in [6, 6.07) is 6.23. The van der Waals surface area contributed by atoms with Crippen molar-refractivity contribution in [3.63, 3.8) is 0 Å². The second-order valence-corrected chi connectivity index (χ2v) is 7.62. The molecule has 0 spiro atoms. The first-order valence-corrected chi connectivity index (χ1v) is 9.91. The number of carbonyl (C=O) groups is 1. The summed E-state index contributed by atoms with van der Waals surface area (Å²) < 4.78 is 0. The van der Waals surface area contributed by atoms with Crippen LogP contribution in [0.1, 0.15) is 28.9 Å². The Morgan fingerprint density at radius 3 is 2.61 bits per heavy atom. The first kappa shape index (κ1) is 18.5. The Labute approximate surface area is 165 Å². The lowest BCUT2D eigenvalue weighted by Gasteiger charge is -2.36. The third-order valence-electron chi connectivity index (χ3n) is 5.77. The number of pyridine rings is 1. The van der Waals surface area contributed by atoms with E-state index in [-0.39, 0.29) is 5.91 Å².